The summed E-state index contributed by atoms with van der Waals surface area (Å²) in [5.41, 5.74) is 4.79. The molecule has 0 aliphatic carbocycles. The molecule has 10 heterocycles. The van der Waals surface area contributed by atoms with Gasteiger partial charge in [0.05, 0.1) is 63.3 Å². The average Bonchev–Trinajstić information content (AvgIpc) is 1.65. The fourth-order valence-electron chi connectivity index (χ4n) is 11.2. The molecule has 45 heteroatoms. The number of nitrogens with zero attached hydrogens (tertiary/aromatic N) is 4. The van der Waals surface area contributed by atoms with Crippen LogP contribution < -0.4 is 5.32 Å². The third-order valence-electron chi connectivity index (χ3n) is 17.2. The summed E-state index contributed by atoms with van der Waals surface area (Å²) in [4.78, 5) is 100. The first-order chi connectivity index (χ1) is 60.6. The summed E-state index contributed by atoms with van der Waals surface area (Å²) in [7, 11) is -8.38. The van der Waals surface area contributed by atoms with Crippen molar-refractivity contribution in [3.8, 4) is 56.6 Å². The molecular formula is C83H59Cl3F3N5O22S12. The van der Waals surface area contributed by atoms with E-state index in [0.29, 0.717) is 115 Å². The number of rotatable bonds is 23. The summed E-state index contributed by atoms with van der Waals surface area (Å²) in [6, 6.07) is 44.0. The van der Waals surface area contributed by atoms with Gasteiger partial charge in [0.2, 0.25) is 0 Å². The van der Waals surface area contributed by atoms with E-state index in [4.69, 9.17) is 142 Å². The van der Waals surface area contributed by atoms with E-state index < -0.39 is 98.0 Å². The number of thioether (sulfide) groups is 5. The SMILES string of the molecule is CCCOC(=O)c1cc(-c2ccc(/C=C3\SC(=S)NC3=O)o2)ccc1Cl.Cc1ccccc1-c1ccc(/C=C2\SC(=S)N(CC(=O)O)C2=O)o1.O=C(O)CN1C(=O)/C(=C/c2ccc(-c3ccc(F)c(F)c3)o2)SC1=S.O=C1/C(=C/c2ccc(-c3ccc(Cl)c(Cl)c3)o2)SC(=S)N1CCS(=O)(=O)O.O=C1/C(=C/c2ccc(-c3ccc(F)cc3)o2)SC(=S)N1CCS(=O)(=O)O. The Balaban J connectivity index is 0.000000155. The normalized spacial score (nSPS) is 16.2. The first-order valence-corrected chi connectivity index (χ1v) is 46.9. The van der Waals surface area contributed by atoms with Crippen molar-refractivity contribution in [1.29, 1.82) is 0 Å². The van der Waals surface area contributed by atoms with Gasteiger partial charge < -0.3 is 42.4 Å². The van der Waals surface area contributed by atoms with Gasteiger partial charge in [-0.3, -0.25) is 62.3 Å². The number of carbonyl (C=O) groups is 8. The maximum absolute atomic E-state index is 13.3. The van der Waals surface area contributed by atoms with Gasteiger partial charge in [-0.25, -0.2) is 18.0 Å². The first-order valence-electron chi connectivity index (χ1n) is 36.4. The predicted octanol–water partition coefficient (Wildman–Crippen LogP) is 19.2. The number of hydrogen-bond acceptors (Lipinski definition) is 28. The molecule has 5 aromatic heterocycles. The van der Waals surface area contributed by atoms with Crippen LogP contribution in [0.5, 0.6) is 0 Å². The van der Waals surface area contributed by atoms with Gasteiger partial charge in [-0.15, -0.1) is 0 Å². The minimum absolute atomic E-state index is 0.144. The number of aliphatic carboxylic acids is 2. The Hall–Kier alpha value is -10.4. The number of amides is 5. The largest absolute Gasteiger partial charge is 0.480 e. The van der Waals surface area contributed by atoms with Crippen LogP contribution in [0, 0.1) is 24.4 Å². The van der Waals surface area contributed by atoms with Crippen molar-refractivity contribution in [2.24, 2.45) is 0 Å². The molecule has 0 bridgehead atoms. The monoisotopic (exact) mass is 2020 g/mol. The summed E-state index contributed by atoms with van der Waals surface area (Å²) < 4.78 is 135. The number of aryl methyl sites for hydroxylation is 1. The van der Waals surface area contributed by atoms with Crippen LogP contribution in [-0.2, 0) is 58.5 Å². The van der Waals surface area contributed by atoms with Crippen molar-refractivity contribution in [2.45, 2.75) is 20.3 Å². The lowest BCUT2D eigenvalue weighted by Crippen LogP contribution is -2.33. The third kappa shape index (κ3) is 26.7. The van der Waals surface area contributed by atoms with Crippen molar-refractivity contribution in [2.75, 3.05) is 44.3 Å². The number of ether oxygens (including phenoxy) is 1. The van der Waals surface area contributed by atoms with Crippen LogP contribution in [0.2, 0.25) is 15.1 Å². The van der Waals surface area contributed by atoms with Gasteiger partial charge in [0.25, 0.3) is 49.8 Å². The number of esters is 1. The molecule has 0 atom stereocenters. The van der Waals surface area contributed by atoms with E-state index in [1.54, 1.807) is 115 Å². The minimum atomic E-state index is -4.19. The van der Waals surface area contributed by atoms with Gasteiger partial charge in [0.15, 0.2) is 11.6 Å². The lowest BCUT2D eigenvalue weighted by atomic mass is 10.1. The average molecular weight is 2030 g/mol. The van der Waals surface area contributed by atoms with Crippen LogP contribution in [0.15, 0.2) is 210 Å². The van der Waals surface area contributed by atoms with Crippen LogP contribution in [0.1, 0.15) is 58.1 Å². The second kappa shape index (κ2) is 43.8. The maximum atomic E-state index is 13.3. The number of carboxylic acids is 2. The summed E-state index contributed by atoms with van der Waals surface area (Å²) in [6.07, 6.45) is 8.38. The van der Waals surface area contributed by atoms with Gasteiger partial charge in [-0.1, -0.05) is 186 Å². The molecule has 27 nitrogen and oxygen atoms in total. The molecule has 0 spiro atoms. The van der Waals surface area contributed by atoms with E-state index in [9.17, 15) is 68.4 Å². The Labute approximate surface area is 788 Å². The zero-order valence-electron chi connectivity index (χ0n) is 65.2. The molecular weight excluding hydrogens is 1970 g/mol. The Kier molecular flexibility index (Phi) is 33.6. The number of hydrogen-bond donors (Lipinski definition) is 5. The second-order valence-corrected chi connectivity index (χ2v) is 39.1. The maximum Gasteiger partial charge on any atom is 0.339 e. The summed E-state index contributed by atoms with van der Waals surface area (Å²) >= 11 is 48.5. The van der Waals surface area contributed by atoms with E-state index in [1.165, 1.54) is 48.2 Å². The number of nitrogens with one attached hydrogen (secondary N) is 1. The molecule has 5 saturated heterocycles. The van der Waals surface area contributed by atoms with Crippen LogP contribution in [0.4, 0.5) is 13.2 Å². The standard InChI is InChI=1S/C18H14ClNO4S2.C17H13NO4S2.C16H11Cl2NO5S3.C16H9F2NO4S2.C16H12FNO5S3/c1-2-7-23-17(22)12-8-10(3-5-13(12)19)14-6-4-11(24-14)9-15-16(21)20-18(25)26-15;1-10-4-2-3-5-12(10)13-7-6-11(22-13)8-14-16(21)18(9-15(19)20)17(23)24-14;17-11-3-1-9(7-12(11)18)13-4-2-10(24-13)8-14-15(20)19(16(25)26-14)5-6-27(21,22)23;17-10-3-1-8(5-11(10)18)12-4-2-9(23-12)6-13-15(22)19(7-14(20)21)16(24)25-13;17-11-3-1-10(2-4-11)13-6-5-12(23-13)9-14-15(19)18(16(24)25-14)7-8-26(20,21)22/h3-6,8-9H,2,7H2,1H3,(H,20,21,25);2-8H,9H2,1H3,(H,19,20);1-4,7-8H,5-6H2,(H,21,22,23);1-6H,7H2,(H,20,21);1-6,9H,7-8H2,(H,20,21,22)/b15-9-;2*14-8-;13-6-;14-9-. The van der Waals surface area contributed by atoms with Gasteiger partial charge in [-0.2, -0.15) is 16.8 Å². The van der Waals surface area contributed by atoms with Gasteiger partial charge in [0, 0.05) is 71.3 Å². The predicted molar refractivity (Wildman–Crippen MR) is 505 cm³/mol. The van der Waals surface area contributed by atoms with E-state index >= 15 is 0 Å². The highest BCUT2D eigenvalue weighted by Gasteiger charge is 2.38. The van der Waals surface area contributed by atoms with E-state index in [2.05, 4.69) is 5.32 Å². The van der Waals surface area contributed by atoms with Crippen molar-refractivity contribution < 1.29 is 115 Å². The zero-order chi connectivity index (χ0) is 92.8. The highest BCUT2D eigenvalue weighted by Crippen LogP contribution is 2.40. The highest BCUT2D eigenvalue weighted by molar-refractivity contribution is 8.28. The van der Waals surface area contributed by atoms with Crippen LogP contribution in [-0.4, -0.2) is 169 Å². The molecule has 0 saturated carbocycles. The van der Waals surface area contributed by atoms with Gasteiger partial charge in [0.1, 0.15) is 98.1 Å². The summed E-state index contributed by atoms with van der Waals surface area (Å²) in [5, 5.41) is 21.3. The fourth-order valence-corrected chi connectivity index (χ4v) is 18.6. The zero-order valence-corrected chi connectivity index (χ0v) is 77.3. The number of benzene rings is 5. The molecule has 5 aliphatic heterocycles. The number of carboxylic acid groups (broad SMARTS) is 2. The topological polar surface area (TPSA) is 386 Å². The van der Waals surface area contributed by atoms with Crippen LogP contribution in [0.25, 0.3) is 87.0 Å². The molecule has 5 N–H and O–H groups in total. The molecule has 5 fully saturated rings. The minimum Gasteiger partial charge on any atom is -0.480 e. The summed E-state index contributed by atoms with van der Waals surface area (Å²) in [5.74, 6) is -3.56. The molecule has 662 valence electrons. The smallest absolute Gasteiger partial charge is 0.339 e. The molecule has 0 unspecified atom stereocenters. The van der Waals surface area contributed by atoms with Gasteiger partial charge in [-0.05, 0) is 158 Å². The molecule has 5 aromatic carbocycles. The Morgan fingerprint density at radius 3 is 1.23 bits per heavy atom. The Morgan fingerprint density at radius 1 is 0.453 bits per heavy atom. The quantitative estimate of drug-likeness (QED) is 0.0172. The molecule has 15 rings (SSSR count). The highest BCUT2D eigenvalue weighted by atomic mass is 35.5. The van der Waals surface area contributed by atoms with Crippen molar-refractivity contribution in [3.63, 3.8) is 0 Å². The number of halogens is 6. The summed E-state index contributed by atoms with van der Waals surface area (Å²) in [6.45, 7) is 2.86. The molecule has 5 aliphatic rings. The Bertz CT molecular complexity index is 6580. The number of carbonyl (C=O) groups excluding carboxylic acids is 6. The van der Waals surface area contributed by atoms with E-state index in [1.807, 2.05) is 44.2 Å². The van der Waals surface area contributed by atoms with Crippen molar-refractivity contribution >= 4 is 274 Å². The van der Waals surface area contributed by atoms with Gasteiger partial charge >= 0.3 is 17.9 Å². The third-order valence-corrected chi connectivity index (χ3v) is 26.4. The lowest BCUT2D eigenvalue weighted by molar-refractivity contribution is -0.140. The van der Waals surface area contributed by atoms with E-state index in [0.717, 1.165) is 102 Å². The van der Waals surface area contributed by atoms with Crippen molar-refractivity contribution in [3.05, 3.63) is 261 Å². The van der Waals surface area contributed by atoms with Crippen LogP contribution >= 0.6 is 155 Å². The second-order valence-electron chi connectivity index (χ2n) is 26.3. The first kappa shape index (κ1) is 98.2. The Morgan fingerprint density at radius 2 is 0.828 bits per heavy atom. The molecule has 0 radical (unpaired) electrons. The number of furan rings is 5. The number of thiocarbonyl (C=S) groups is 5. The molecule has 10 aromatic rings. The molecule has 128 heavy (non-hydrogen) atoms. The fraction of sp³-hybridized carbons (Fsp3) is 0.120. The van der Waals surface area contributed by atoms with Crippen molar-refractivity contribution in [1.82, 2.24) is 24.9 Å². The van der Waals surface area contributed by atoms with Crippen LogP contribution in [0.3, 0.4) is 0 Å². The molecule has 5 amide bonds. The lowest BCUT2D eigenvalue weighted by Gasteiger charge is -2.12. The van der Waals surface area contributed by atoms with E-state index in [-0.39, 0.29) is 57.5 Å².